The summed E-state index contributed by atoms with van der Waals surface area (Å²) >= 11 is 0. The van der Waals surface area contributed by atoms with Gasteiger partial charge in [-0.2, -0.15) is 26.3 Å². The quantitative estimate of drug-likeness (QED) is 0.223. The smallest absolute Gasteiger partial charge is 0.422 e. The first kappa shape index (κ1) is 33.7. The van der Waals surface area contributed by atoms with Crippen LogP contribution in [0.1, 0.15) is 67.8 Å². The van der Waals surface area contributed by atoms with Crippen LogP contribution in [-0.4, -0.2) is 73.5 Å². The number of nitrogens with zero attached hydrogens (tertiary/aromatic N) is 2. The SMILES string of the molecule is CC(=Cc1ccccc1)CN(C[C@@H]1CCCN1CC1CCCCC1)C(=O)c1ccc(OCC(F)(F)F)c(OCC(F)(F)F)c1. The molecule has 0 radical (unpaired) electrons. The summed E-state index contributed by atoms with van der Waals surface area (Å²) in [6.07, 6.45) is 0.600. The first-order valence-corrected chi connectivity index (χ1v) is 15.1. The summed E-state index contributed by atoms with van der Waals surface area (Å²) < 4.78 is 86.8. The number of carbonyl (C=O) groups excluding carboxylic acids is 1. The van der Waals surface area contributed by atoms with Gasteiger partial charge in [0.2, 0.25) is 0 Å². The van der Waals surface area contributed by atoms with E-state index in [2.05, 4.69) is 4.90 Å². The maximum Gasteiger partial charge on any atom is 0.422 e. The van der Waals surface area contributed by atoms with Crippen LogP contribution in [-0.2, 0) is 0 Å². The number of likely N-dealkylation sites (tertiary alicyclic amines) is 1. The predicted octanol–water partition coefficient (Wildman–Crippen LogP) is 8.16. The Hall–Kier alpha value is -3.21. The minimum absolute atomic E-state index is 0.00544. The summed E-state index contributed by atoms with van der Waals surface area (Å²) in [5.74, 6) is -0.918. The van der Waals surface area contributed by atoms with Gasteiger partial charge in [0.1, 0.15) is 0 Å². The molecule has 0 N–H and O–H groups in total. The standard InChI is InChI=1S/C33H40F6N2O3/c1-24(17-25-9-4-2-5-10-25)19-41(21-28-13-8-16-40(28)20-26-11-6-3-7-12-26)31(42)27-14-15-29(43-22-32(34,35)36)30(18-27)44-23-33(37,38)39/h2,4-5,9-10,14-15,17-18,26,28H,3,6-8,11-13,16,19-23H2,1H3/t28-/m0/s1. The number of benzene rings is 2. The monoisotopic (exact) mass is 626 g/mol. The number of amides is 1. The van der Waals surface area contributed by atoms with Gasteiger partial charge in [-0.3, -0.25) is 9.69 Å². The van der Waals surface area contributed by atoms with Crippen molar-refractivity contribution in [2.75, 3.05) is 39.4 Å². The Morgan fingerprint density at radius 1 is 0.886 bits per heavy atom. The van der Waals surface area contributed by atoms with Gasteiger partial charge in [0.05, 0.1) is 0 Å². The molecule has 1 saturated carbocycles. The Kier molecular flexibility index (Phi) is 11.6. The van der Waals surface area contributed by atoms with E-state index >= 15 is 0 Å². The van der Waals surface area contributed by atoms with Gasteiger partial charge in [-0.25, -0.2) is 0 Å². The fourth-order valence-electron chi connectivity index (χ4n) is 6.07. The highest BCUT2D eigenvalue weighted by Gasteiger charge is 2.33. The molecule has 4 rings (SSSR count). The zero-order valence-electron chi connectivity index (χ0n) is 24.9. The van der Waals surface area contributed by atoms with Crippen molar-refractivity contribution in [1.29, 1.82) is 0 Å². The molecule has 0 aromatic heterocycles. The van der Waals surface area contributed by atoms with E-state index in [1.165, 1.54) is 38.2 Å². The van der Waals surface area contributed by atoms with Gasteiger partial charge in [0.25, 0.3) is 5.91 Å². The van der Waals surface area contributed by atoms with Gasteiger partial charge in [-0.05, 0) is 68.8 Å². The van der Waals surface area contributed by atoms with Crippen LogP contribution in [0.5, 0.6) is 11.5 Å². The molecule has 2 aliphatic rings. The second-order valence-electron chi connectivity index (χ2n) is 11.9. The minimum atomic E-state index is -4.74. The molecule has 44 heavy (non-hydrogen) atoms. The second-order valence-corrected chi connectivity index (χ2v) is 11.9. The molecule has 1 saturated heterocycles. The second kappa shape index (κ2) is 15.2. The fourth-order valence-corrected chi connectivity index (χ4v) is 6.07. The maximum atomic E-state index is 14.0. The van der Waals surface area contributed by atoms with E-state index in [1.807, 2.05) is 43.3 Å². The van der Waals surface area contributed by atoms with Crippen molar-refractivity contribution < 1.29 is 40.6 Å². The van der Waals surface area contributed by atoms with Gasteiger partial charge in [0.15, 0.2) is 24.7 Å². The van der Waals surface area contributed by atoms with Crippen LogP contribution in [0, 0.1) is 5.92 Å². The molecule has 1 aliphatic heterocycles. The molecule has 242 valence electrons. The van der Waals surface area contributed by atoms with Crippen molar-refractivity contribution >= 4 is 12.0 Å². The highest BCUT2D eigenvalue weighted by Crippen LogP contribution is 2.33. The predicted molar refractivity (Wildman–Crippen MR) is 157 cm³/mol. The highest BCUT2D eigenvalue weighted by molar-refractivity contribution is 5.95. The molecule has 2 aromatic rings. The highest BCUT2D eigenvalue weighted by atomic mass is 19.4. The zero-order chi connectivity index (χ0) is 31.7. The number of halogens is 6. The Balaban J connectivity index is 1.59. The van der Waals surface area contributed by atoms with E-state index in [4.69, 9.17) is 9.47 Å². The van der Waals surface area contributed by atoms with Crippen molar-refractivity contribution in [1.82, 2.24) is 9.80 Å². The Bertz CT molecular complexity index is 1240. The molecule has 2 aromatic carbocycles. The Morgan fingerprint density at radius 2 is 1.55 bits per heavy atom. The molecule has 0 unspecified atom stereocenters. The van der Waals surface area contributed by atoms with E-state index in [0.717, 1.165) is 49.2 Å². The number of rotatable bonds is 12. The summed E-state index contributed by atoms with van der Waals surface area (Å²) in [5.41, 5.74) is 1.87. The average Bonchev–Trinajstić information content (AvgIpc) is 3.40. The van der Waals surface area contributed by atoms with Crippen molar-refractivity contribution in [2.24, 2.45) is 5.92 Å². The Labute approximate surface area is 254 Å². The molecule has 2 fully saturated rings. The van der Waals surface area contributed by atoms with E-state index in [0.29, 0.717) is 12.5 Å². The molecule has 1 heterocycles. The van der Waals surface area contributed by atoms with Crippen LogP contribution in [0.2, 0.25) is 0 Å². The third kappa shape index (κ3) is 10.7. The van der Waals surface area contributed by atoms with Crippen LogP contribution in [0.15, 0.2) is 54.1 Å². The van der Waals surface area contributed by atoms with E-state index in [1.54, 1.807) is 4.90 Å². The third-order valence-corrected chi connectivity index (χ3v) is 8.06. The van der Waals surface area contributed by atoms with E-state index in [9.17, 15) is 31.1 Å². The van der Waals surface area contributed by atoms with Crippen LogP contribution in [0.4, 0.5) is 26.3 Å². The number of carbonyl (C=O) groups is 1. The van der Waals surface area contributed by atoms with Crippen LogP contribution < -0.4 is 9.47 Å². The molecule has 11 heteroatoms. The van der Waals surface area contributed by atoms with Gasteiger partial charge < -0.3 is 14.4 Å². The van der Waals surface area contributed by atoms with E-state index < -0.39 is 43.0 Å². The van der Waals surface area contributed by atoms with Gasteiger partial charge in [-0.1, -0.05) is 61.2 Å². The lowest BCUT2D eigenvalue weighted by Crippen LogP contribution is -2.45. The van der Waals surface area contributed by atoms with Crippen molar-refractivity contribution in [3.8, 4) is 11.5 Å². The largest absolute Gasteiger partial charge is 0.480 e. The zero-order valence-corrected chi connectivity index (χ0v) is 24.9. The summed E-state index contributed by atoms with van der Waals surface area (Å²) in [6.45, 7) is 1.07. The lowest BCUT2D eigenvalue weighted by Gasteiger charge is -2.34. The summed E-state index contributed by atoms with van der Waals surface area (Å²) in [4.78, 5) is 18.1. The van der Waals surface area contributed by atoms with Crippen molar-refractivity contribution in [3.63, 3.8) is 0 Å². The molecular weight excluding hydrogens is 586 g/mol. The fraction of sp³-hybridized carbons (Fsp3) is 0.545. The molecule has 5 nitrogen and oxygen atoms in total. The third-order valence-electron chi connectivity index (χ3n) is 8.06. The molecule has 1 aliphatic carbocycles. The summed E-state index contributed by atoms with van der Waals surface area (Å²) in [5, 5.41) is 0. The van der Waals surface area contributed by atoms with Crippen molar-refractivity contribution in [3.05, 3.63) is 65.2 Å². The maximum absolute atomic E-state index is 14.0. The molecule has 1 amide bonds. The topological polar surface area (TPSA) is 42.0 Å². The average molecular weight is 627 g/mol. The van der Waals surface area contributed by atoms with Gasteiger partial charge in [-0.15, -0.1) is 0 Å². The summed E-state index contributed by atoms with van der Waals surface area (Å²) in [6, 6.07) is 13.1. The van der Waals surface area contributed by atoms with Gasteiger partial charge >= 0.3 is 12.4 Å². The number of hydrogen-bond acceptors (Lipinski definition) is 4. The molecule has 1 atom stereocenters. The first-order chi connectivity index (χ1) is 20.9. The number of ether oxygens (including phenoxy) is 2. The first-order valence-electron chi connectivity index (χ1n) is 15.1. The normalized spacial score (nSPS) is 18.8. The van der Waals surface area contributed by atoms with Gasteiger partial charge in [0, 0.05) is 31.2 Å². The Morgan fingerprint density at radius 3 is 2.20 bits per heavy atom. The van der Waals surface area contributed by atoms with E-state index in [-0.39, 0.29) is 18.2 Å². The number of hydrogen-bond donors (Lipinski definition) is 0. The van der Waals surface area contributed by atoms with Crippen LogP contribution in [0.25, 0.3) is 6.08 Å². The van der Waals surface area contributed by atoms with Crippen molar-refractivity contribution in [2.45, 2.75) is 70.3 Å². The lowest BCUT2D eigenvalue weighted by molar-refractivity contribution is -0.158. The minimum Gasteiger partial charge on any atom is -0.480 e. The number of alkyl halides is 6. The van der Waals surface area contributed by atoms with Crippen LogP contribution in [0.3, 0.4) is 0 Å². The summed E-state index contributed by atoms with van der Waals surface area (Å²) in [7, 11) is 0. The van der Waals surface area contributed by atoms with Crippen LogP contribution >= 0.6 is 0 Å². The molecular formula is C33H40F6N2O3. The molecule has 0 spiro atoms. The lowest BCUT2D eigenvalue weighted by atomic mass is 9.89. The molecule has 0 bridgehead atoms.